The van der Waals surface area contributed by atoms with E-state index in [9.17, 15) is 13.2 Å². The molecule has 5 aromatic carbocycles. The summed E-state index contributed by atoms with van der Waals surface area (Å²) < 4.78 is 34.7. The molecule has 1 saturated heterocycles. The molecule has 0 bridgehead atoms. The van der Waals surface area contributed by atoms with Gasteiger partial charge >= 0.3 is 0 Å². The fraction of sp³-hybridized carbons (Fsp3) is 0.222. The van der Waals surface area contributed by atoms with Crippen molar-refractivity contribution in [2.24, 2.45) is 0 Å². The summed E-state index contributed by atoms with van der Waals surface area (Å²) in [7, 11) is -4.14. The number of anilines is 2. The van der Waals surface area contributed by atoms with Gasteiger partial charge in [0.15, 0.2) is 0 Å². The average molecular weight is 773 g/mol. The first-order valence-electron chi connectivity index (χ1n) is 18.6. The summed E-state index contributed by atoms with van der Waals surface area (Å²) in [5, 5.41) is 4.07. The van der Waals surface area contributed by atoms with E-state index in [4.69, 9.17) is 16.3 Å². The van der Waals surface area contributed by atoms with Gasteiger partial charge in [-0.05, 0) is 119 Å². The number of amides is 1. The van der Waals surface area contributed by atoms with Crippen LogP contribution in [-0.4, -0.2) is 58.6 Å². The maximum Gasteiger partial charge on any atom is 0.265 e. The molecule has 2 N–H and O–H groups in total. The van der Waals surface area contributed by atoms with Crippen molar-refractivity contribution in [3.8, 4) is 11.1 Å². The van der Waals surface area contributed by atoms with E-state index in [0.717, 1.165) is 76.9 Å². The normalized spacial score (nSPS) is 14.6. The molecule has 2 aliphatic rings. The van der Waals surface area contributed by atoms with E-state index in [1.807, 2.05) is 55.5 Å². The third kappa shape index (κ3) is 9.67. The van der Waals surface area contributed by atoms with Gasteiger partial charge in [0.25, 0.3) is 15.9 Å². The number of nitrogens with one attached hydrogen (secondary N) is 2. The predicted octanol–water partition coefficient (Wildman–Crippen LogP) is 8.42. The van der Waals surface area contributed by atoms with Gasteiger partial charge in [0, 0.05) is 61.2 Å². The van der Waals surface area contributed by atoms with Crippen molar-refractivity contribution < 1.29 is 17.9 Å². The van der Waals surface area contributed by atoms with Crippen molar-refractivity contribution in [2.75, 3.05) is 49.5 Å². The largest absolute Gasteiger partial charge is 0.497 e. The molecule has 5 aromatic rings. The molecule has 0 aromatic heterocycles. The first kappa shape index (κ1) is 37.9. The van der Waals surface area contributed by atoms with Gasteiger partial charge < -0.3 is 15.0 Å². The lowest BCUT2D eigenvalue weighted by molar-refractivity contribution is 0.0980. The number of hydrogen-bond acceptors (Lipinski definition) is 7. The van der Waals surface area contributed by atoms with Gasteiger partial charge in [0.2, 0.25) is 0 Å². The van der Waals surface area contributed by atoms with Crippen molar-refractivity contribution in [3.05, 3.63) is 172 Å². The maximum absolute atomic E-state index is 13.8. The minimum absolute atomic E-state index is 0.0326. The molecule has 2 heterocycles. The highest BCUT2D eigenvalue weighted by Crippen LogP contribution is 2.28. The molecule has 0 radical (unpaired) electrons. The summed E-state index contributed by atoms with van der Waals surface area (Å²) in [5.41, 5.74) is 9.61. The van der Waals surface area contributed by atoms with Crippen LogP contribution in [-0.2, 0) is 34.1 Å². The third-order valence-electron chi connectivity index (χ3n) is 10.2. The summed E-state index contributed by atoms with van der Waals surface area (Å²) in [6.45, 7) is 7.21. The first-order chi connectivity index (χ1) is 26.7. The summed E-state index contributed by atoms with van der Waals surface area (Å²) in [6, 6.07) is 37.2. The van der Waals surface area contributed by atoms with Crippen LogP contribution in [0.4, 0.5) is 11.4 Å². The summed E-state index contributed by atoms with van der Waals surface area (Å²) in [6.07, 6.45) is 6.84. The molecule has 0 spiro atoms. The Morgan fingerprint density at radius 3 is 2.33 bits per heavy atom. The van der Waals surface area contributed by atoms with E-state index in [-0.39, 0.29) is 4.90 Å². The molecule has 1 amide bonds. The first-order valence-corrected chi connectivity index (χ1v) is 20.4. The molecule has 55 heavy (non-hydrogen) atoms. The lowest BCUT2D eigenvalue weighted by Crippen LogP contribution is -2.46. The Labute approximate surface area is 329 Å². The maximum atomic E-state index is 13.8. The monoisotopic (exact) mass is 772 g/mol. The van der Waals surface area contributed by atoms with E-state index >= 15 is 0 Å². The molecule has 0 unspecified atom stereocenters. The lowest BCUT2D eigenvalue weighted by Gasteiger charge is -2.36. The summed E-state index contributed by atoms with van der Waals surface area (Å²) in [4.78, 5) is 18.6. The number of piperazine rings is 1. The number of carbonyl (C=O) groups is 1. The third-order valence-corrected chi connectivity index (χ3v) is 11.8. The topological polar surface area (TPSA) is 91.0 Å². The van der Waals surface area contributed by atoms with E-state index in [1.165, 1.54) is 17.2 Å². The zero-order chi connectivity index (χ0) is 38.2. The number of nitrogens with zero attached hydrogens (tertiary/aromatic N) is 2. The number of aryl methyl sites for hydroxylation is 3. The Morgan fingerprint density at radius 1 is 0.818 bits per heavy atom. The van der Waals surface area contributed by atoms with Crippen molar-refractivity contribution in [3.63, 3.8) is 0 Å². The van der Waals surface area contributed by atoms with E-state index in [1.54, 1.807) is 24.5 Å². The van der Waals surface area contributed by atoms with Crippen LogP contribution in [0.1, 0.15) is 32.6 Å². The minimum atomic E-state index is -4.14. The standard InChI is InChI=1S/C45H45ClN4O4S/c1-33-29-41(18-20-44(33)47-31-35-21-27-54-28-22-35)55(52,53)48-45(51)43-19-17-40(30-37(43)12-11-34-7-3-2-4-8-34)50-25-23-49(24-26-50)32-38-9-5-6-10-42(38)36-13-15-39(46)16-14-36/h2-10,13-22,27,29-30,47H,11-12,23-26,28,31-32H2,1H3,(H,48,51). The second-order valence-electron chi connectivity index (χ2n) is 13.9. The molecule has 0 atom stereocenters. The SMILES string of the molecule is Cc1cc(S(=O)(=O)NC(=O)c2ccc(N3CCN(Cc4ccccc4-c4ccc(Cl)cc4)CC3)cc2CCc2ccccc2)ccc1NCC1=CCOC=C1. The number of hydrogen-bond donors (Lipinski definition) is 2. The van der Waals surface area contributed by atoms with Gasteiger partial charge in [-0.1, -0.05) is 78.3 Å². The minimum Gasteiger partial charge on any atom is -0.497 e. The van der Waals surface area contributed by atoms with Crippen LogP contribution in [0.5, 0.6) is 0 Å². The second-order valence-corrected chi connectivity index (χ2v) is 16.1. The molecule has 7 rings (SSSR count). The van der Waals surface area contributed by atoms with Crippen LogP contribution in [0.25, 0.3) is 11.1 Å². The molecular formula is C45H45ClN4O4S. The quantitative estimate of drug-likeness (QED) is 0.124. The van der Waals surface area contributed by atoms with Crippen LogP contribution in [0.3, 0.4) is 0 Å². The smallest absolute Gasteiger partial charge is 0.265 e. The van der Waals surface area contributed by atoms with Gasteiger partial charge in [0.1, 0.15) is 6.61 Å². The van der Waals surface area contributed by atoms with Gasteiger partial charge in [-0.2, -0.15) is 0 Å². The van der Waals surface area contributed by atoms with Gasteiger partial charge in [-0.15, -0.1) is 0 Å². The molecule has 8 nitrogen and oxygen atoms in total. The van der Waals surface area contributed by atoms with Gasteiger partial charge in [-0.25, -0.2) is 13.1 Å². The zero-order valence-electron chi connectivity index (χ0n) is 30.9. The number of carbonyl (C=O) groups excluding carboxylic acids is 1. The highest BCUT2D eigenvalue weighted by molar-refractivity contribution is 7.90. The van der Waals surface area contributed by atoms with Crippen LogP contribution in [0.2, 0.25) is 5.02 Å². The molecule has 0 saturated carbocycles. The highest BCUT2D eigenvalue weighted by Gasteiger charge is 2.24. The molecule has 10 heteroatoms. The van der Waals surface area contributed by atoms with Crippen LogP contribution in [0.15, 0.2) is 144 Å². The fourth-order valence-electron chi connectivity index (χ4n) is 7.08. The Hall–Kier alpha value is -5.35. The number of rotatable bonds is 13. The zero-order valence-corrected chi connectivity index (χ0v) is 32.5. The average Bonchev–Trinajstić information content (AvgIpc) is 3.21. The molecule has 282 valence electrons. The van der Waals surface area contributed by atoms with Crippen LogP contribution >= 0.6 is 11.6 Å². The number of benzene rings is 5. The van der Waals surface area contributed by atoms with Gasteiger partial charge in [0.05, 0.1) is 11.2 Å². The Balaban J connectivity index is 1.04. The summed E-state index contributed by atoms with van der Waals surface area (Å²) in [5.74, 6) is -0.642. The second kappa shape index (κ2) is 17.4. The van der Waals surface area contributed by atoms with E-state index in [2.05, 4.69) is 74.4 Å². The fourth-order valence-corrected chi connectivity index (χ4v) is 8.26. The van der Waals surface area contributed by atoms with Crippen molar-refractivity contribution in [1.29, 1.82) is 0 Å². The number of sulfonamides is 1. The number of ether oxygens (including phenoxy) is 1. The van der Waals surface area contributed by atoms with Crippen LogP contribution < -0.4 is 14.9 Å². The van der Waals surface area contributed by atoms with Crippen LogP contribution in [0, 0.1) is 6.92 Å². The van der Waals surface area contributed by atoms with Crippen molar-refractivity contribution in [1.82, 2.24) is 9.62 Å². The predicted molar refractivity (Wildman–Crippen MR) is 222 cm³/mol. The molecule has 0 aliphatic carbocycles. The highest BCUT2D eigenvalue weighted by atomic mass is 35.5. The molecule has 1 fully saturated rings. The summed E-state index contributed by atoms with van der Waals surface area (Å²) >= 11 is 6.16. The number of halogens is 1. The Kier molecular flexibility index (Phi) is 12.0. The van der Waals surface area contributed by atoms with E-state index in [0.29, 0.717) is 31.6 Å². The Bertz CT molecular complexity index is 2300. The van der Waals surface area contributed by atoms with Crippen molar-refractivity contribution in [2.45, 2.75) is 31.2 Å². The lowest BCUT2D eigenvalue weighted by atomic mass is 9.98. The van der Waals surface area contributed by atoms with Crippen molar-refractivity contribution >= 4 is 38.9 Å². The Morgan fingerprint density at radius 2 is 1.58 bits per heavy atom. The van der Waals surface area contributed by atoms with Gasteiger partial charge in [-0.3, -0.25) is 9.69 Å². The molecular weight excluding hydrogens is 728 g/mol. The molecule has 2 aliphatic heterocycles. The van der Waals surface area contributed by atoms with E-state index < -0.39 is 15.9 Å².